The van der Waals surface area contributed by atoms with Crippen molar-refractivity contribution < 1.29 is 0 Å². The van der Waals surface area contributed by atoms with Gasteiger partial charge in [-0.15, -0.1) is 0 Å². The van der Waals surface area contributed by atoms with Crippen molar-refractivity contribution in [3.63, 3.8) is 0 Å². The van der Waals surface area contributed by atoms with E-state index in [0.717, 1.165) is 33.9 Å². The van der Waals surface area contributed by atoms with Gasteiger partial charge in [0.2, 0.25) is 0 Å². The molecule has 2 aliphatic rings. The molecule has 0 saturated carbocycles. The van der Waals surface area contributed by atoms with Crippen LogP contribution in [0.2, 0.25) is 0 Å². The number of benzene rings is 12. The molecule has 1 aromatic heterocycles. The van der Waals surface area contributed by atoms with Crippen molar-refractivity contribution >= 4 is 38.9 Å². The molecule has 0 atom stereocenters. The van der Waals surface area contributed by atoms with Crippen molar-refractivity contribution in [3.8, 4) is 72.4 Å². The maximum absolute atomic E-state index is 2.56. The summed E-state index contributed by atoms with van der Waals surface area (Å²) in [5, 5.41) is 2.46. The van der Waals surface area contributed by atoms with E-state index in [1.807, 2.05) is 0 Å². The highest BCUT2D eigenvalue weighted by atomic mass is 15.1. The number of hydrogen-bond acceptors (Lipinski definition) is 1. The predicted molar refractivity (Wildman–Crippen MR) is 351 cm³/mol. The number of anilines is 3. The summed E-state index contributed by atoms with van der Waals surface area (Å²) in [5.74, 6) is 0. The van der Waals surface area contributed by atoms with Gasteiger partial charge in [0.15, 0.2) is 0 Å². The third kappa shape index (κ3) is 7.99. The Hall–Kier alpha value is -9.76. The zero-order chi connectivity index (χ0) is 56.2. The molecule has 0 radical (unpaired) electrons. The van der Waals surface area contributed by atoms with Crippen LogP contribution >= 0.6 is 0 Å². The van der Waals surface area contributed by atoms with Crippen molar-refractivity contribution in [2.45, 2.75) is 57.8 Å². The molecule has 15 rings (SSSR count). The van der Waals surface area contributed by atoms with Crippen molar-refractivity contribution in [2.75, 3.05) is 4.90 Å². The summed E-state index contributed by atoms with van der Waals surface area (Å²) in [6.07, 6.45) is 0. The van der Waals surface area contributed by atoms with Gasteiger partial charge in [-0.3, -0.25) is 0 Å². The van der Waals surface area contributed by atoms with Crippen molar-refractivity contribution in [1.82, 2.24) is 4.57 Å². The van der Waals surface area contributed by atoms with Gasteiger partial charge in [0, 0.05) is 33.4 Å². The minimum Gasteiger partial charge on any atom is -0.310 e. The summed E-state index contributed by atoms with van der Waals surface area (Å²) in [5.41, 5.74) is 28.7. The number of fused-ring (bicyclic) bond motifs is 13. The first kappa shape index (κ1) is 50.2. The minimum absolute atomic E-state index is 0.0582. The van der Waals surface area contributed by atoms with Gasteiger partial charge < -0.3 is 9.47 Å². The zero-order valence-corrected chi connectivity index (χ0v) is 48.0. The van der Waals surface area contributed by atoms with Crippen molar-refractivity contribution in [1.29, 1.82) is 0 Å². The Morgan fingerprint density at radius 3 is 1.43 bits per heavy atom. The molecule has 398 valence electrons. The second kappa shape index (κ2) is 19.2. The lowest BCUT2D eigenvalue weighted by atomic mass is 9.68. The number of rotatable bonds is 8. The topological polar surface area (TPSA) is 8.17 Å². The van der Waals surface area contributed by atoms with Crippen LogP contribution in [0.1, 0.15) is 74.9 Å². The third-order valence-corrected chi connectivity index (χ3v) is 17.9. The second-order valence-corrected chi connectivity index (χ2v) is 24.8. The van der Waals surface area contributed by atoms with E-state index in [4.69, 9.17) is 0 Å². The normalized spacial score (nSPS) is 13.0. The van der Waals surface area contributed by atoms with Crippen LogP contribution in [0, 0.1) is 0 Å². The van der Waals surface area contributed by atoms with Crippen LogP contribution in [0.25, 0.3) is 94.3 Å². The molecule has 2 aliphatic carbocycles. The van der Waals surface area contributed by atoms with Gasteiger partial charge in [-0.25, -0.2) is 0 Å². The number of aromatic nitrogens is 1. The van der Waals surface area contributed by atoms with Crippen LogP contribution in [0.3, 0.4) is 0 Å². The summed E-state index contributed by atoms with van der Waals surface area (Å²) in [4.78, 5) is 2.55. The molecule has 12 aromatic carbocycles. The summed E-state index contributed by atoms with van der Waals surface area (Å²) in [7, 11) is 0. The van der Waals surface area contributed by atoms with Crippen molar-refractivity contribution in [2.24, 2.45) is 0 Å². The number of para-hydroxylation sites is 3. The lowest BCUT2D eigenvalue weighted by Gasteiger charge is -2.34. The van der Waals surface area contributed by atoms with Crippen LogP contribution in [0.5, 0.6) is 0 Å². The summed E-state index contributed by atoms with van der Waals surface area (Å²) in [6.45, 7) is 14.1. The molecule has 2 nitrogen and oxygen atoms in total. The molecule has 0 saturated heterocycles. The zero-order valence-electron chi connectivity index (χ0n) is 48.0. The largest absolute Gasteiger partial charge is 0.310 e. The fraction of sp³-hybridized carbons (Fsp3) is 0.111. The van der Waals surface area contributed by atoms with Gasteiger partial charge in [0.1, 0.15) is 0 Å². The Balaban J connectivity index is 0.984. The van der Waals surface area contributed by atoms with E-state index in [9.17, 15) is 0 Å². The highest BCUT2D eigenvalue weighted by molar-refractivity contribution is 6.11. The lowest BCUT2D eigenvalue weighted by Crippen LogP contribution is -2.27. The molecule has 0 aliphatic heterocycles. The molecule has 1 heterocycles. The molecule has 0 N–H and O–H groups in total. The molecule has 0 fully saturated rings. The molecule has 0 amide bonds. The van der Waals surface area contributed by atoms with Crippen LogP contribution in [0.4, 0.5) is 17.1 Å². The van der Waals surface area contributed by atoms with Gasteiger partial charge in [-0.2, -0.15) is 0 Å². The molecule has 1 spiro atoms. The number of nitrogens with zero attached hydrogens (tertiary/aromatic N) is 2. The Morgan fingerprint density at radius 2 is 0.759 bits per heavy atom. The van der Waals surface area contributed by atoms with Crippen LogP contribution in [-0.4, -0.2) is 4.57 Å². The van der Waals surface area contributed by atoms with Gasteiger partial charge in [-0.1, -0.05) is 260 Å². The first-order valence-electron chi connectivity index (χ1n) is 29.3. The van der Waals surface area contributed by atoms with Crippen LogP contribution in [0.15, 0.2) is 279 Å². The van der Waals surface area contributed by atoms with Gasteiger partial charge in [0.05, 0.1) is 22.1 Å². The fourth-order valence-electron chi connectivity index (χ4n) is 13.9. The summed E-state index contributed by atoms with van der Waals surface area (Å²) < 4.78 is 2.40. The Labute approximate surface area is 488 Å². The minimum atomic E-state index is -0.579. The Morgan fingerprint density at radius 1 is 0.289 bits per heavy atom. The van der Waals surface area contributed by atoms with Crippen LogP contribution < -0.4 is 4.90 Å². The van der Waals surface area contributed by atoms with Gasteiger partial charge >= 0.3 is 0 Å². The smallest absolute Gasteiger partial charge is 0.0726 e. The van der Waals surface area contributed by atoms with E-state index in [-0.39, 0.29) is 10.8 Å². The highest BCUT2D eigenvalue weighted by Crippen LogP contribution is 2.64. The van der Waals surface area contributed by atoms with Crippen molar-refractivity contribution in [3.05, 3.63) is 312 Å². The lowest BCUT2D eigenvalue weighted by molar-refractivity contribution is 0.586. The standard InChI is InChI=1S/C81H64N2/c1-79(2,3)56-41-44-66-67-45-42-57(80(4,5)6)51-74(67)81(73(66)50-56)72-37-20-17-34-65(72)68-46-43-60(52-75(68)81)82(76-38-21-18-35-69(76)64-33-16-15-32-63(64)62-31-14-13-30-61(62)53-24-9-7-10-25-53)59-29-23-26-54(48-59)55-40-47-78-71(49-55)70-36-19-22-39-77(70)83(78)58-27-11-8-12-28-58/h7-52H,1-6H3. The molecule has 0 unspecified atom stereocenters. The SMILES string of the molecule is CC(C)(C)c1ccc2c(c1)C1(c3ccccc3-c3ccc(N(c4cccc(-c5ccc6c(c5)c5ccccc5n6-c5ccccc5)c4)c4ccccc4-c4ccccc4-c4ccccc4-c4ccccc4)cc31)c1cc(C(C)(C)C)ccc1-2. The summed E-state index contributed by atoms with van der Waals surface area (Å²) in [6, 6.07) is 105. The van der Waals surface area contributed by atoms with E-state index < -0.39 is 5.41 Å². The average molecular weight is 1070 g/mol. The monoisotopic (exact) mass is 1060 g/mol. The Kier molecular flexibility index (Phi) is 11.6. The van der Waals surface area contributed by atoms with Gasteiger partial charge in [-0.05, 0) is 166 Å². The molecule has 2 heteroatoms. The second-order valence-electron chi connectivity index (χ2n) is 24.8. The molecule has 13 aromatic rings. The maximum Gasteiger partial charge on any atom is 0.0726 e. The van der Waals surface area contributed by atoms with Crippen LogP contribution in [-0.2, 0) is 16.2 Å². The quantitative estimate of drug-likeness (QED) is 0.147. The van der Waals surface area contributed by atoms with E-state index in [0.29, 0.717) is 0 Å². The number of hydrogen-bond donors (Lipinski definition) is 0. The van der Waals surface area contributed by atoms with Gasteiger partial charge in [0.25, 0.3) is 0 Å². The fourth-order valence-corrected chi connectivity index (χ4v) is 13.9. The van der Waals surface area contributed by atoms with E-state index in [1.165, 1.54) is 111 Å². The first-order valence-corrected chi connectivity index (χ1v) is 29.3. The molecule has 83 heavy (non-hydrogen) atoms. The predicted octanol–water partition coefficient (Wildman–Crippen LogP) is 21.9. The van der Waals surface area contributed by atoms with E-state index in [1.54, 1.807) is 0 Å². The average Bonchev–Trinajstić information content (AvgIpc) is 1.65. The van der Waals surface area contributed by atoms with E-state index >= 15 is 0 Å². The molecule has 0 bridgehead atoms. The third-order valence-electron chi connectivity index (χ3n) is 17.9. The summed E-state index contributed by atoms with van der Waals surface area (Å²) >= 11 is 0. The first-order chi connectivity index (χ1) is 40.4. The highest BCUT2D eigenvalue weighted by Gasteiger charge is 2.52. The maximum atomic E-state index is 2.56. The Bertz CT molecular complexity index is 4630. The molecular formula is C81H64N2. The van der Waals surface area contributed by atoms with E-state index in [2.05, 4.69) is 330 Å². The molecular weight excluding hydrogens is 1000 g/mol.